The summed E-state index contributed by atoms with van der Waals surface area (Å²) in [6, 6.07) is 4.15. The Balaban J connectivity index is 1.51. The average Bonchev–Trinajstić information content (AvgIpc) is 3.30. The summed E-state index contributed by atoms with van der Waals surface area (Å²) < 4.78 is 5.51. The second-order valence-corrected chi connectivity index (χ2v) is 6.53. The van der Waals surface area contributed by atoms with Crippen LogP contribution in [0, 0.1) is 11.8 Å². The van der Waals surface area contributed by atoms with Crippen molar-refractivity contribution in [1.29, 1.82) is 0 Å². The lowest BCUT2D eigenvalue weighted by Crippen LogP contribution is -2.51. The Bertz CT molecular complexity index is 510. The number of likely N-dealkylation sites (tertiary alicyclic amines) is 1. The monoisotopic (exact) mass is 306 g/mol. The van der Waals surface area contributed by atoms with Gasteiger partial charge in [0.2, 0.25) is 5.91 Å². The highest BCUT2D eigenvalue weighted by Gasteiger charge is 2.37. The highest BCUT2D eigenvalue weighted by molar-refractivity contribution is 5.81. The molecule has 3 rings (SSSR count). The predicted molar refractivity (Wildman–Crippen MR) is 83.0 cm³/mol. The van der Waals surface area contributed by atoms with Crippen LogP contribution in [0.3, 0.4) is 0 Å². The molecule has 1 saturated carbocycles. The molecule has 2 fully saturated rings. The van der Waals surface area contributed by atoms with E-state index in [2.05, 4.69) is 17.1 Å². The standard InChI is InChI=1S/C17H26N2O3/c1-2-12-10-19(17(21)13-3-4-13)8-7-16(12)18-9-14-5-6-15(11-20)22-14/h5-6,12-13,16,18,20H,2-4,7-11H2,1H3/t12-,16+/m1/s1. The van der Waals surface area contributed by atoms with Crippen LogP contribution in [0.2, 0.25) is 0 Å². The number of amides is 1. The van der Waals surface area contributed by atoms with Crippen LogP contribution in [0.5, 0.6) is 0 Å². The van der Waals surface area contributed by atoms with Crippen molar-refractivity contribution in [1.82, 2.24) is 10.2 Å². The van der Waals surface area contributed by atoms with Crippen LogP contribution in [0.4, 0.5) is 0 Å². The van der Waals surface area contributed by atoms with E-state index in [1.165, 1.54) is 0 Å². The van der Waals surface area contributed by atoms with Crippen molar-refractivity contribution >= 4 is 5.91 Å². The lowest BCUT2D eigenvalue weighted by molar-refractivity contribution is -0.134. The molecule has 0 aromatic carbocycles. The van der Waals surface area contributed by atoms with Gasteiger partial charge in [0, 0.05) is 25.0 Å². The molecule has 1 aromatic rings. The number of nitrogens with zero attached hydrogens (tertiary/aromatic N) is 1. The van der Waals surface area contributed by atoms with Gasteiger partial charge in [-0.05, 0) is 37.3 Å². The van der Waals surface area contributed by atoms with Crippen LogP contribution < -0.4 is 5.32 Å². The molecule has 5 nitrogen and oxygen atoms in total. The molecule has 1 amide bonds. The Morgan fingerprint density at radius 1 is 1.36 bits per heavy atom. The van der Waals surface area contributed by atoms with Crippen LogP contribution in [-0.4, -0.2) is 35.0 Å². The number of nitrogens with one attached hydrogen (secondary N) is 1. The Morgan fingerprint density at radius 2 is 2.14 bits per heavy atom. The van der Waals surface area contributed by atoms with E-state index in [1.54, 1.807) is 0 Å². The molecule has 0 bridgehead atoms. The quantitative estimate of drug-likeness (QED) is 0.842. The lowest BCUT2D eigenvalue weighted by atomic mass is 9.89. The Morgan fingerprint density at radius 3 is 2.77 bits per heavy atom. The highest BCUT2D eigenvalue weighted by atomic mass is 16.4. The summed E-state index contributed by atoms with van der Waals surface area (Å²) in [5.74, 6) is 2.66. The topological polar surface area (TPSA) is 65.7 Å². The van der Waals surface area contributed by atoms with E-state index < -0.39 is 0 Å². The molecule has 0 spiro atoms. The van der Waals surface area contributed by atoms with Crippen LogP contribution in [-0.2, 0) is 17.9 Å². The summed E-state index contributed by atoms with van der Waals surface area (Å²) in [6.45, 7) is 4.56. The van der Waals surface area contributed by atoms with Crippen molar-refractivity contribution < 1.29 is 14.3 Å². The maximum absolute atomic E-state index is 12.2. The molecule has 0 unspecified atom stereocenters. The van der Waals surface area contributed by atoms with Gasteiger partial charge in [-0.25, -0.2) is 0 Å². The van der Waals surface area contributed by atoms with Gasteiger partial charge >= 0.3 is 0 Å². The van der Waals surface area contributed by atoms with Crippen molar-refractivity contribution in [2.75, 3.05) is 13.1 Å². The van der Waals surface area contributed by atoms with Gasteiger partial charge in [0.1, 0.15) is 18.1 Å². The first-order chi connectivity index (χ1) is 10.7. The summed E-state index contributed by atoms with van der Waals surface area (Å²) in [6.07, 6.45) is 4.25. The van der Waals surface area contributed by atoms with Crippen molar-refractivity contribution in [2.45, 2.75) is 51.8 Å². The normalized spacial score (nSPS) is 25.5. The summed E-state index contributed by atoms with van der Waals surface area (Å²) in [5, 5.41) is 12.6. The molecule has 122 valence electrons. The van der Waals surface area contributed by atoms with Crippen LogP contribution in [0.1, 0.15) is 44.1 Å². The largest absolute Gasteiger partial charge is 0.462 e. The first kappa shape index (κ1) is 15.6. The maximum atomic E-state index is 12.2. The van der Waals surface area contributed by atoms with Gasteiger partial charge in [0.05, 0.1) is 6.54 Å². The van der Waals surface area contributed by atoms with Crippen molar-refractivity contribution in [3.63, 3.8) is 0 Å². The molecule has 0 radical (unpaired) electrons. The van der Waals surface area contributed by atoms with Crippen molar-refractivity contribution in [3.05, 3.63) is 23.7 Å². The highest BCUT2D eigenvalue weighted by Crippen LogP contribution is 2.33. The minimum atomic E-state index is -0.0563. The number of hydrogen-bond acceptors (Lipinski definition) is 4. The summed E-state index contributed by atoms with van der Waals surface area (Å²) in [5.41, 5.74) is 0. The molecule has 1 aliphatic heterocycles. The smallest absolute Gasteiger partial charge is 0.225 e. The average molecular weight is 306 g/mol. The van der Waals surface area contributed by atoms with E-state index in [-0.39, 0.29) is 6.61 Å². The van der Waals surface area contributed by atoms with Gasteiger partial charge in [0.25, 0.3) is 0 Å². The van der Waals surface area contributed by atoms with Gasteiger partial charge in [-0.1, -0.05) is 13.3 Å². The molecule has 1 aromatic heterocycles. The van der Waals surface area contributed by atoms with Gasteiger partial charge in [-0.15, -0.1) is 0 Å². The summed E-state index contributed by atoms with van der Waals surface area (Å²) in [4.78, 5) is 14.3. The molecule has 1 saturated heterocycles. The van der Waals surface area contributed by atoms with Gasteiger partial charge < -0.3 is 19.7 Å². The summed E-state index contributed by atoms with van der Waals surface area (Å²) >= 11 is 0. The van der Waals surface area contributed by atoms with E-state index in [1.807, 2.05) is 12.1 Å². The second kappa shape index (κ2) is 6.84. The Kier molecular flexibility index (Phi) is 4.84. The minimum absolute atomic E-state index is 0.0563. The molecule has 22 heavy (non-hydrogen) atoms. The van der Waals surface area contributed by atoms with Gasteiger partial charge in [-0.2, -0.15) is 0 Å². The number of hydrogen-bond donors (Lipinski definition) is 2. The first-order valence-corrected chi connectivity index (χ1v) is 8.42. The molecule has 5 heteroatoms. The zero-order valence-corrected chi connectivity index (χ0v) is 13.3. The predicted octanol–water partition coefficient (Wildman–Crippen LogP) is 1.90. The Hall–Kier alpha value is -1.33. The minimum Gasteiger partial charge on any atom is -0.462 e. The van der Waals surface area contributed by atoms with Gasteiger partial charge in [0.15, 0.2) is 0 Å². The van der Waals surface area contributed by atoms with E-state index in [9.17, 15) is 4.79 Å². The SMILES string of the molecule is CC[C@@H]1CN(C(=O)C2CC2)CC[C@@H]1NCc1ccc(CO)o1. The zero-order valence-electron chi connectivity index (χ0n) is 13.3. The molecule has 2 aliphatic rings. The molecular formula is C17H26N2O3. The van der Waals surface area contributed by atoms with Crippen LogP contribution >= 0.6 is 0 Å². The van der Waals surface area contributed by atoms with Gasteiger partial charge in [-0.3, -0.25) is 4.79 Å². The maximum Gasteiger partial charge on any atom is 0.225 e. The summed E-state index contributed by atoms with van der Waals surface area (Å²) in [7, 11) is 0. The fraction of sp³-hybridized carbons (Fsp3) is 0.706. The molecule has 2 atom stereocenters. The van der Waals surface area contributed by atoms with E-state index in [0.29, 0.717) is 36.1 Å². The van der Waals surface area contributed by atoms with Crippen molar-refractivity contribution in [3.8, 4) is 0 Å². The lowest BCUT2D eigenvalue weighted by Gasteiger charge is -2.39. The van der Waals surface area contributed by atoms with E-state index >= 15 is 0 Å². The third-order valence-electron chi connectivity index (χ3n) is 4.91. The van der Waals surface area contributed by atoms with Crippen molar-refractivity contribution in [2.24, 2.45) is 11.8 Å². The Labute approximate surface area is 131 Å². The van der Waals surface area contributed by atoms with E-state index in [0.717, 1.165) is 44.5 Å². The fourth-order valence-corrected chi connectivity index (χ4v) is 3.34. The number of carbonyl (C=O) groups is 1. The third kappa shape index (κ3) is 3.52. The fourth-order valence-electron chi connectivity index (χ4n) is 3.34. The zero-order chi connectivity index (χ0) is 15.5. The number of carbonyl (C=O) groups excluding carboxylic acids is 1. The van der Waals surface area contributed by atoms with Crippen LogP contribution in [0.25, 0.3) is 0 Å². The number of piperidine rings is 1. The number of aliphatic hydroxyl groups is 1. The van der Waals surface area contributed by atoms with Crippen LogP contribution in [0.15, 0.2) is 16.5 Å². The first-order valence-electron chi connectivity index (χ1n) is 8.42. The van der Waals surface area contributed by atoms with E-state index in [4.69, 9.17) is 9.52 Å². The molecular weight excluding hydrogens is 280 g/mol. The second-order valence-electron chi connectivity index (χ2n) is 6.53. The molecule has 2 N–H and O–H groups in total. The number of furan rings is 1. The molecule has 2 heterocycles. The third-order valence-corrected chi connectivity index (χ3v) is 4.91. The number of rotatable bonds is 6. The number of aliphatic hydroxyl groups excluding tert-OH is 1. The molecule has 1 aliphatic carbocycles.